The van der Waals surface area contributed by atoms with Crippen LogP contribution in [0.25, 0.3) is 11.0 Å². The maximum absolute atomic E-state index is 13.5. The van der Waals surface area contributed by atoms with E-state index in [0.29, 0.717) is 42.8 Å². The first kappa shape index (κ1) is 30.7. The fourth-order valence-corrected chi connectivity index (χ4v) is 4.98. The molecule has 218 valence electrons. The molecule has 0 saturated carbocycles. The van der Waals surface area contributed by atoms with Crippen LogP contribution in [-0.4, -0.2) is 73.6 Å². The summed E-state index contributed by atoms with van der Waals surface area (Å²) in [6, 6.07) is 7.47. The lowest BCUT2D eigenvalue weighted by Crippen LogP contribution is -2.58. The summed E-state index contributed by atoms with van der Waals surface area (Å²) in [5.41, 5.74) is -1.74. The van der Waals surface area contributed by atoms with Crippen LogP contribution in [-0.2, 0) is 25.7 Å². The van der Waals surface area contributed by atoms with Gasteiger partial charge in [0, 0.05) is 27.1 Å². The minimum atomic E-state index is -1.80. The molecule has 1 aromatic carbocycles. The number of carbonyl (C=O) groups excluding carboxylic acids is 2. The Hall–Kier alpha value is -2.85. The first-order chi connectivity index (χ1) is 17.7. The molecule has 2 aromatic rings. The highest BCUT2D eigenvalue weighted by Gasteiger charge is 2.50. The highest BCUT2D eigenvalue weighted by atomic mass is 16.7. The molecule has 1 fully saturated rings. The summed E-state index contributed by atoms with van der Waals surface area (Å²) in [5.74, 6) is -1.34. The first-order valence-corrected chi connectivity index (χ1v) is 13.5. The Labute approximate surface area is 232 Å². The molecule has 10 heteroatoms. The number of benzene rings is 1. The minimum absolute atomic E-state index is 0.313. The van der Waals surface area contributed by atoms with Crippen LogP contribution < -0.4 is 0 Å². The van der Waals surface area contributed by atoms with E-state index in [4.69, 9.17) is 19.2 Å². The SMILES string of the molecule is CN(C(=O)OC(C)(C)C)C1(c2nc3ccccc3n2C(C)(O)OC(C)(C)C)CCN(C(=O)OC(C)(C)C)CC1. The summed E-state index contributed by atoms with van der Waals surface area (Å²) in [6.07, 6.45) is -0.246. The number of likely N-dealkylation sites (tertiary alicyclic amines) is 1. The average Bonchev–Trinajstić information content (AvgIpc) is 3.16. The second-order valence-corrected chi connectivity index (χ2v) is 13.4. The van der Waals surface area contributed by atoms with Gasteiger partial charge >= 0.3 is 12.2 Å². The zero-order chi connectivity index (χ0) is 29.6. The molecule has 1 unspecified atom stereocenters. The van der Waals surface area contributed by atoms with Crippen LogP contribution in [0.15, 0.2) is 24.3 Å². The first-order valence-electron chi connectivity index (χ1n) is 13.5. The van der Waals surface area contributed by atoms with E-state index in [2.05, 4.69) is 0 Å². The number of amides is 2. The Morgan fingerprint density at radius 3 is 1.95 bits per heavy atom. The normalized spacial score (nSPS) is 18.0. The third kappa shape index (κ3) is 7.03. The van der Waals surface area contributed by atoms with Gasteiger partial charge in [-0.05, 0) is 87.3 Å². The summed E-state index contributed by atoms with van der Waals surface area (Å²) < 4.78 is 19.2. The van der Waals surface area contributed by atoms with Crippen molar-refractivity contribution >= 4 is 23.2 Å². The number of hydrogen-bond donors (Lipinski definition) is 1. The van der Waals surface area contributed by atoms with Crippen molar-refractivity contribution in [2.75, 3.05) is 20.1 Å². The largest absolute Gasteiger partial charge is 0.444 e. The van der Waals surface area contributed by atoms with Crippen LogP contribution in [0.1, 0.15) is 87.9 Å². The molecular weight excluding hydrogens is 500 g/mol. The van der Waals surface area contributed by atoms with Gasteiger partial charge in [0.1, 0.15) is 22.6 Å². The molecule has 2 heterocycles. The summed E-state index contributed by atoms with van der Waals surface area (Å²) in [7, 11) is 1.68. The van der Waals surface area contributed by atoms with E-state index in [1.54, 1.807) is 28.3 Å². The van der Waals surface area contributed by atoms with Crippen LogP contribution in [0.4, 0.5) is 9.59 Å². The molecule has 1 aliphatic rings. The van der Waals surface area contributed by atoms with Crippen molar-refractivity contribution in [2.45, 2.75) is 110 Å². The molecule has 0 spiro atoms. The number of hydrogen-bond acceptors (Lipinski definition) is 7. The molecule has 0 bridgehead atoms. The molecule has 1 N–H and O–H groups in total. The molecule has 1 atom stereocenters. The van der Waals surface area contributed by atoms with Crippen molar-refractivity contribution in [2.24, 2.45) is 0 Å². The summed E-state index contributed by atoms with van der Waals surface area (Å²) >= 11 is 0. The van der Waals surface area contributed by atoms with E-state index in [0.717, 1.165) is 0 Å². The molecule has 10 nitrogen and oxygen atoms in total. The van der Waals surface area contributed by atoms with Gasteiger partial charge in [-0.2, -0.15) is 0 Å². The summed E-state index contributed by atoms with van der Waals surface area (Å²) in [5, 5.41) is 11.8. The van der Waals surface area contributed by atoms with Crippen LogP contribution in [0.2, 0.25) is 0 Å². The molecule has 1 aromatic heterocycles. The number of imidazole rings is 1. The Balaban J connectivity index is 2.17. The number of para-hydroxylation sites is 2. The van der Waals surface area contributed by atoms with E-state index < -0.39 is 40.4 Å². The fraction of sp³-hybridized carbons (Fsp3) is 0.690. The third-order valence-corrected chi connectivity index (χ3v) is 6.44. The number of ether oxygens (including phenoxy) is 3. The summed E-state index contributed by atoms with van der Waals surface area (Å²) in [4.78, 5) is 34.6. The highest BCUT2D eigenvalue weighted by molar-refractivity contribution is 5.77. The molecule has 2 amide bonds. The van der Waals surface area contributed by atoms with E-state index in [1.807, 2.05) is 86.6 Å². The van der Waals surface area contributed by atoms with Gasteiger partial charge in [-0.1, -0.05) is 12.1 Å². The Bertz CT molecular complexity index is 1190. The molecular formula is C29H46N4O6. The number of fused-ring (bicyclic) bond motifs is 1. The maximum Gasteiger partial charge on any atom is 0.410 e. The number of carbonyl (C=O) groups is 2. The Kier molecular flexibility index (Phi) is 8.09. The van der Waals surface area contributed by atoms with E-state index >= 15 is 0 Å². The molecule has 1 aliphatic heterocycles. The van der Waals surface area contributed by atoms with Crippen molar-refractivity contribution in [3.05, 3.63) is 30.1 Å². The lowest BCUT2D eigenvalue weighted by atomic mass is 9.85. The average molecular weight is 547 g/mol. The second-order valence-electron chi connectivity index (χ2n) is 13.4. The number of piperidine rings is 1. The van der Waals surface area contributed by atoms with Gasteiger partial charge < -0.3 is 24.2 Å². The predicted octanol–water partition coefficient (Wildman–Crippen LogP) is 5.57. The van der Waals surface area contributed by atoms with E-state index in [1.165, 1.54) is 0 Å². The van der Waals surface area contributed by atoms with Crippen LogP contribution in [0.5, 0.6) is 0 Å². The molecule has 0 radical (unpaired) electrons. The second kappa shape index (κ2) is 10.3. The van der Waals surface area contributed by atoms with Crippen molar-refractivity contribution in [1.82, 2.24) is 19.4 Å². The monoisotopic (exact) mass is 546 g/mol. The number of aliphatic hydroxyl groups is 1. The van der Waals surface area contributed by atoms with Crippen LogP contribution >= 0.6 is 0 Å². The van der Waals surface area contributed by atoms with Gasteiger partial charge in [0.15, 0.2) is 0 Å². The predicted molar refractivity (Wildman–Crippen MR) is 149 cm³/mol. The highest BCUT2D eigenvalue weighted by Crippen LogP contribution is 2.42. The topological polar surface area (TPSA) is 106 Å². The third-order valence-electron chi connectivity index (χ3n) is 6.44. The zero-order valence-electron chi connectivity index (χ0n) is 25.4. The van der Waals surface area contributed by atoms with Gasteiger partial charge in [-0.15, -0.1) is 0 Å². The van der Waals surface area contributed by atoms with E-state index in [9.17, 15) is 14.7 Å². The van der Waals surface area contributed by atoms with Crippen molar-refractivity contribution in [3.8, 4) is 0 Å². The minimum Gasteiger partial charge on any atom is -0.444 e. The van der Waals surface area contributed by atoms with Gasteiger partial charge in [-0.3, -0.25) is 9.47 Å². The smallest absolute Gasteiger partial charge is 0.410 e. The van der Waals surface area contributed by atoms with Gasteiger partial charge in [0.05, 0.1) is 16.6 Å². The van der Waals surface area contributed by atoms with E-state index in [-0.39, 0.29) is 0 Å². The van der Waals surface area contributed by atoms with Crippen LogP contribution in [0, 0.1) is 0 Å². The van der Waals surface area contributed by atoms with Crippen molar-refractivity contribution < 1.29 is 28.9 Å². The zero-order valence-corrected chi connectivity index (χ0v) is 25.4. The maximum atomic E-state index is 13.5. The van der Waals surface area contributed by atoms with Gasteiger partial charge in [-0.25, -0.2) is 14.6 Å². The molecule has 0 aliphatic carbocycles. The molecule has 3 rings (SSSR count). The Morgan fingerprint density at radius 2 is 1.44 bits per heavy atom. The number of rotatable bonds is 4. The van der Waals surface area contributed by atoms with Crippen molar-refractivity contribution in [3.63, 3.8) is 0 Å². The standard InChI is InChI=1S/C29H46N4O6/c1-25(2,3)37-23(34)31(11)29(16-18-32(19-17-29)24(35)38-26(4,5)6)22-30-20-14-12-13-15-21(20)33(22)28(10,36)39-27(7,8)9/h12-15,36H,16-19H2,1-11H3. The Morgan fingerprint density at radius 1 is 0.897 bits per heavy atom. The quantitative estimate of drug-likeness (QED) is 0.500. The lowest BCUT2D eigenvalue weighted by molar-refractivity contribution is -0.295. The molecule has 1 saturated heterocycles. The molecule has 39 heavy (non-hydrogen) atoms. The number of nitrogens with zero attached hydrogens (tertiary/aromatic N) is 4. The fourth-order valence-electron chi connectivity index (χ4n) is 4.98. The van der Waals surface area contributed by atoms with Crippen molar-refractivity contribution in [1.29, 1.82) is 0 Å². The lowest BCUT2D eigenvalue weighted by Gasteiger charge is -2.47. The van der Waals surface area contributed by atoms with Gasteiger partial charge in [0.2, 0.25) is 0 Å². The van der Waals surface area contributed by atoms with Crippen LogP contribution in [0.3, 0.4) is 0 Å². The number of aromatic nitrogens is 2. The van der Waals surface area contributed by atoms with Gasteiger partial charge in [0.25, 0.3) is 5.91 Å². The summed E-state index contributed by atoms with van der Waals surface area (Å²) in [6.45, 7) is 18.7.